The summed E-state index contributed by atoms with van der Waals surface area (Å²) in [6.07, 6.45) is -5.19. The molecule has 0 aromatic rings. The fourth-order valence-corrected chi connectivity index (χ4v) is 1.12. The predicted octanol–water partition coefficient (Wildman–Crippen LogP) is -0.611. The molecular weight excluding hydrogens is 186 g/mol. The highest BCUT2D eigenvalue weighted by atomic mass is 19.1. The first kappa shape index (κ1) is 10.8. The molecule has 1 aliphatic rings. The van der Waals surface area contributed by atoms with Crippen LogP contribution in [0.4, 0.5) is 8.78 Å². The smallest absolute Gasteiger partial charge is 0.147 e. The van der Waals surface area contributed by atoms with Gasteiger partial charge in [0.1, 0.15) is 44.6 Å². The second-order valence-corrected chi connectivity index (χ2v) is 2.82. The molecule has 1 saturated heterocycles. The molecule has 0 saturated carbocycles. The summed E-state index contributed by atoms with van der Waals surface area (Å²) in [5.74, 6) is 0. The Bertz CT molecular complexity index is 141. The van der Waals surface area contributed by atoms with Crippen LogP contribution in [0.5, 0.6) is 0 Å². The average Bonchev–Trinajstić information content (AvgIpc) is 2.28. The zero-order chi connectivity index (χ0) is 9.84. The number of hydrogen-bond donors (Lipinski definition) is 2. The van der Waals surface area contributed by atoms with Crippen molar-refractivity contribution in [3.63, 3.8) is 0 Å². The minimum absolute atomic E-state index is 0.322. The first-order chi connectivity index (χ1) is 6.20. The van der Waals surface area contributed by atoms with Crippen molar-refractivity contribution in [2.75, 3.05) is 20.1 Å². The van der Waals surface area contributed by atoms with Crippen LogP contribution in [-0.4, -0.2) is 54.8 Å². The molecule has 4 atom stereocenters. The van der Waals surface area contributed by atoms with Gasteiger partial charge in [-0.15, -0.1) is 0 Å². The monoisotopic (exact) mass is 198 g/mol. The predicted molar refractivity (Wildman–Crippen MR) is 38.6 cm³/mol. The first-order valence-corrected chi connectivity index (χ1v) is 3.92. The first-order valence-electron chi connectivity index (χ1n) is 3.92. The van der Waals surface area contributed by atoms with Crippen molar-refractivity contribution >= 4 is 0 Å². The van der Waals surface area contributed by atoms with Gasteiger partial charge in [-0.3, -0.25) is 0 Å². The van der Waals surface area contributed by atoms with E-state index in [1.54, 1.807) is 0 Å². The summed E-state index contributed by atoms with van der Waals surface area (Å²) in [6.45, 7) is -2.21. The van der Waals surface area contributed by atoms with E-state index in [-0.39, 0.29) is 6.79 Å². The van der Waals surface area contributed by atoms with Gasteiger partial charge < -0.3 is 19.7 Å². The van der Waals surface area contributed by atoms with Crippen LogP contribution in [0.25, 0.3) is 0 Å². The van der Waals surface area contributed by atoms with Crippen LogP contribution in [-0.2, 0) is 9.47 Å². The molecule has 0 amide bonds. The van der Waals surface area contributed by atoms with E-state index < -0.39 is 37.8 Å². The quantitative estimate of drug-likeness (QED) is 0.621. The largest absolute Gasteiger partial charge is 0.387 e. The summed E-state index contributed by atoms with van der Waals surface area (Å²) >= 11 is 0. The Labute approximate surface area is 74.1 Å². The van der Waals surface area contributed by atoms with Crippen LogP contribution in [0.3, 0.4) is 0 Å². The molecule has 1 rings (SSSR count). The zero-order valence-corrected chi connectivity index (χ0v) is 6.90. The molecular formula is C7H12F2O4. The van der Waals surface area contributed by atoms with Crippen LogP contribution in [0.1, 0.15) is 0 Å². The summed E-state index contributed by atoms with van der Waals surface area (Å²) in [7, 11) is 0. The third kappa shape index (κ3) is 2.34. The van der Waals surface area contributed by atoms with E-state index in [1.165, 1.54) is 0 Å². The molecule has 0 aliphatic carbocycles. The lowest BCUT2D eigenvalue weighted by atomic mass is 10.0. The summed E-state index contributed by atoms with van der Waals surface area (Å²) in [5, 5.41) is 18.5. The number of ether oxygens (including phenoxy) is 2. The van der Waals surface area contributed by atoms with E-state index in [0.717, 1.165) is 0 Å². The Kier molecular flexibility index (Phi) is 3.98. The molecule has 4 nitrogen and oxygen atoms in total. The highest BCUT2D eigenvalue weighted by Gasteiger charge is 2.36. The van der Waals surface area contributed by atoms with Gasteiger partial charge >= 0.3 is 0 Å². The highest BCUT2D eigenvalue weighted by molar-refractivity contribution is 4.83. The van der Waals surface area contributed by atoms with E-state index in [2.05, 4.69) is 0 Å². The van der Waals surface area contributed by atoms with E-state index in [9.17, 15) is 19.0 Å². The molecule has 0 radical (unpaired) electrons. The number of aliphatic hydroxyl groups excluding tert-OH is 2. The van der Waals surface area contributed by atoms with Crippen LogP contribution in [0, 0.1) is 0 Å². The van der Waals surface area contributed by atoms with E-state index in [0.29, 0.717) is 0 Å². The van der Waals surface area contributed by atoms with Gasteiger partial charge in [-0.2, -0.15) is 0 Å². The normalized spacial score (nSPS) is 41.5. The van der Waals surface area contributed by atoms with Crippen LogP contribution in [0.15, 0.2) is 0 Å². The Morgan fingerprint density at radius 1 is 1.00 bits per heavy atom. The van der Waals surface area contributed by atoms with Crippen molar-refractivity contribution < 1.29 is 28.5 Å². The minimum atomic E-state index is -1.45. The van der Waals surface area contributed by atoms with Crippen molar-refractivity contribution in [2.45, 2.75) is 24.4 Å². The number of hydrogen-bond acceptors (Lipinski definition) is 4. The Morgan fingerprint density at radius 3 is 1.69 bits per heavy atom. The molecule has 1 fully saturated rings. The molecule has 6 heteroatoms. The van der Waals surface area contributed by atoms with Crippen molar-refractivity contribution in [3.8, 4) is 0 Å². The van der Waals surface area contributed by atoms with Gasteiger partial charge in [0.05, 0.1) is 0 Å². The summed E-state index contributed by atoms with van der Waals surface area (Å²) in [6, 6.07) is 0. The lowest BCUT2D eigenvalue weighted by molar-refractivity contribution is -0.113. The highest BCUT2D eigenvalue weighted by Crippen LogP contribution is 2.16. The summed E-state index contributed by atoms with van der Waals surface area (Å²) in [5.41, 5.74) is 0. The number of halogens is 2. The van der Waals surface area contributed by atoms with Gasteiger partial charge in [-0.25, -0.2) is 8.78 Å². The van der Waals surface area contributed by atoms with Crippen molar-refractivity contribution in [3.05, 3.63) is 0 Å². The Balaban J connectivity index is 2.61. The van der Waals surface area contributed by atoms with Crippen molar-refractivity contribution in [1.29, 1.82) is 0 Å². The standard InChI is InChI=1S/C7H12F2O4/c8-1-4-6(10)7(11)5(2-9)13-3-12-4/h4-7,10-11H,1-3H2. The maximum absolute atomic E-state index is 12.2. The van der Waals surface area contributed by atoms with Crippen LogP contribution < -0.4 is 0 Å². The minimum Gasteiger partial charge on any atom is -0.387 e. The fourth-order valence-electron chi connectivity index (χ4n) is 1.12. The van der Waals surface area contributed by atoms with Gasteiger partial charge in [-0.1, -0.05) is 0 Å². The van der Waals surface area contributed by atoms with Crippen molar-refractivity contribution in [1.82, 2.24) is 0 Å². The van der Waals surface area contributed by atoms with Gasteiger partial charge in [0, 0.05) is 0 Å². The van der Waals surface area contributed by atoms with E-state index >= 15 is 0 Å². The third-order valence-electron chi connectivity index (χ3n) is 1.98. The maximum atomic E-state index is 12.2. The van der Waals surface area contributed by atoms with Crippen LogP contribution >= 0.6 is 0 Å². The second-order valence-electron chi connectivity index (χ2n) is 2.82. The molecule has 0 bridgehead atoms. The lowest BCUT2D eigenvalue weighted by Gasteiger charge is -2.22. The Morgan fingerprint density at radius 2 is 1.38 bits per heavy atom. The molecule has 1 aliphatic heterocycles. The van der Waals surface area contributed by atoms with Gasteiger partial charge in [0.25, 0.3) is 0 Å². The summed E-state index contributed by atoms with van der Waals surface area (Å²) < 4.78 is 33.7. The molecule has 78 valence electrons. The molecule has 0 aromatic carbocycles. The third-order valence-corrected chi connectivity index (χ3v) is 1.98. The molecule has 2 N–H and O–H groups in total. The van der Waals surface area contributed by atoms with Gasteiger partial charge in [0.15, 0.2) is 0 Å². The molecule has 4 unspecified atom stereocenters. The SMILES string of the molecule is OC1C(CF)OCOC(CF)C1O. The molecule has 0 spiro atoms. The molecule has 1 heterocycles. The number of alkyl halides is 2. The Hall–Kier alpha value is -0.300. The van der Waals surface area contributed by atoms with Gasteiger partial charge in [0.2, 0.25) is 0 Å². The fraction of sp³-hybridized carbons (Fsp3) is 1.00. The van der Waals surface area contributed by atoms with Crippen molar-refractivity contribution in [2.24, 2.45) is 0 Å². The number of rotatable bonds is 2. The average molecular weight is 198 g/mol. The second kappa shape index (κ2) is 4.80. The number of aliphatic hydroxyl groups is 2. The molecule has 13 heavy (non-hydrogen) atoms. The maximum Gasteiger partial charge on any atom is 0.147 e. The van der Waals surface area contributed by atoms with Gasteiger partial charge in [-0.05, 0) is 0 Å². The topological polar surface area (TPSA) is 58.9 Å². The molecule has 0 aromatic heterocycles. The lowest BCUT2D eigenvalue weighted by Crippen LogP contribution is -2.44. The van der Waals surface area contributed by atoms with E-state index in [1.807, 2.05) is 0 Å². The summed E-state index contributed by atoms with van der Waals surface area (Å²) in [4.78, 5) is 0. The van der Waals surface area contributed by atoms with E-state index in [4.69, 9.17) is 9.47 Å². The zero-order valence-electron chi connectivity index (χ0n) is 6.90. The van der Waals surface area contributed by atoms with Crippen LogP contribution in [0.2, 0.25) is 0 Å².